The normalized spacial score (nSPS) is 25.9. The van der Waals surface area contributed by atoms with Gasteiger partial charge in [-0.2, -0.15) is 0 Å². The third-order valence-corrected chi connectivity index (χ3v) is 9.74. The molecule has 0 aromatic rings. The lowest BCUT2D eigenvalue weighted by atomic mass is 9.95. The Morgan fingerprint density at radius 3 is 1.25 bits per heavy atom. The van der Waals surface area contributed by atoms with Gasteiger partial charge in [-0.25, -0.2) is 0 Å². The van der Waals surface area contributed by atoms with Crippen molar-refractivity contribution in [2.24, 2.45) is 0 Å². The Hall–Kier alpha value is -4.36. The lowest BCUT2D eigenvalue weighted by Crippen LogP contribution is -2.68. The van der Waals surface area contributed by atoms with E-state index in [1.165, 1.54) is 51.4 Å². The van der Waals surface area contributed by atoms with E-state index < -0.39 is 122 Å². The Balaban J connectivity index is 2.38. The second-order valence-electron chi connectivity index (χ2n) is 15.3. The van der Waals surface area contributed by atoms with E-state index in [2.05, 4.69) is 12.2 Å². The molecular formula is C42H67NO18. The molecule has 0 saturated carbocycles. The van der Waals surface area contributed by atoms with Gasteiger partial charge in [-0.3, -0.25) is 38.4 Å². The second kappa shape index (κ2) is 28.3. The number of carbonyl (C=O) groups excluding carboxylic acids is 8. The summed E-state index contributed by atoms with van der Waals surface area (Å²) < 4.78 is 56.8. The van der Waals surface area contributed by atoms with E-state index in [0.29, 0.717) is 6.42 Å². The van der Waals surface area contributed by atoms with Gasteiger partial charge in [0.05, 0.1) is 0 Å². The van der Waals surface area contributed by atoms with Crippen LogP contribution in [0.2, 0.25) is 0 Å². The average Bonchev–Trinajstić information content (AvgIpc) is 3.15. The Kier molecular flexibility index (Phi) is 24.5. The molecule has 2 aliphatic rings. The van der Waals surface area contributed by atoms with Crippen molar-refractivity contribution < 1.29 is 85.7 Å². The quantitative estimate of drug-likeness (QED) is 0.0727. The van der Waals surface area contributed by atoms with Gasteiger partial charge in [0.1, 0.15) is 31.5 Å². The van der Waals surface area contributed by atoms with Crippen molar-refractivity contribution >= 4 is 47.7 Å². The lowest BCUT2D eigenvalue weighted by Gasteiger charge is -2.48. The minimum atomic E-state index is -1.81. The van der Waals surface area contributed by atoms with Gasteiger partial charge in [0.15, 0.2) is 43.0 Å². The maximum Gasteiger partial charge on any atom is 0.303 e. The van der Waals surface area contributed by atoms with Crippen LogP contribution in [-0.2, 0) is 85.7 Å². The number of esters is 7. The monoisotopic (exact) mass is 873 g/mol. The Morgan fingerprint density at radius 2 is 0.803 bits per heavy atom. The molecule has 1 N–H and O–H groups in total. The molecule has 0 aliphatic carbocycles. The number of rotatable bonds is 26. The van der Waals surface area contributed by atoms with E-state index in [4.69, 9.17) is 47.4 Å². The predicted octanol–water partition coefficient (Wildman–Crippen LogP) is 4.20. The molecule has 0 aromatic carbocycles. The highest BCUT2D eigenvalue weighted by Crippen LogP contribution is 2.35. The molecule has 2 heterocycles. The highest BCUT2D eigenvalue weighted by atomic mass is 16.8. The van der Waals surface area contributed by atoms with Crippen molar-refractivity contribution in [1.82, 2.24) is 5.32 Å². The summed E-state index contributed by atoms with van der Waals surface area (Å²) >= 11 is 0. The number of hydrogen-bond donors (Lipinski definition) is 1. The predicted molar refractivity (Wildman–Crippen MR) is 212 cm³/mol. The van der Waals surface area contributed by atoms with Gasteiger partial charge in [0.25, 0.3) is 0 Å². The van der Waals surface area contributed by atoms with Crippen LogP contribution in [0.3, 0.4) is 0 Å². The van der Waals surface area contributed by atoms with Crippen LogP contribution in [0.15, 0.2) is 0 Å². The number of carbonyl (C=O) groups is 8. The highest BCUT2D eigenvalue weighted by molar-refractivity contribution is 5.76. The summed E-state index contributed by atoms with van der Waals surface area (Å²) in [5.41, 5.74) is 0. The van der Waals surface area contributed by atoms with Gasteiger partial charge in [0.2, 0.25) is 5.91 Å². The minimum absolute atomic E-state index is 0.0991. The molecule has 61 heavy (non-hydrogen) atoms. The molecule has 2 aliphatic heterocycles. The fraction of sp³-hybridized carbons (Fsp3) is 0.810. The molecule has 1 amide bonds. The Labute approximate surface area is 358 Å². The first-order chi connectivity index (χ1) is 28.9. The summed E-state index contributed by atoms with van der Waals surface area (Å²) in [6.45, 7) is 8.57. The molecule has 2 fully saturated rings. The standard InChI is InChI=1S/C42H67NO18/c1-9-10-11-12-13-14-15-16-17-18-19-20-21-22-34(51)43-41-39(57-30(7)49)37(55-28(5)47)36(32(59-41)23-52-25(2)44)61-42-40(58-31(8)50)38(56-29(6)48)35(54-27(4)46)33(60-42)24-53-26(3)45/h32-33,35-42H,9-24H2,1-8H3,(H,43,51)/t32-,33-,35-,36-,37+,38+,39+,40+,41-,42+/m1/s1. The summed E-state index contributed by atoms with van der Waals surface area (Å²) in [6.07, 6.45) is -1.08. The molecule has 0 spiro atoms. The van der Waals surface area contributed by atoms with Crippen LogP contribution in [-0.4, -0.2) is 122 Å². The van der Waals surface area contributed by atoms with Crippen LogP contribution in [0, 0.1) is 0 Å². The summed E-state index contributed by atoms with van der Waals surface area (Å²) in [7, 11) is 0. The van der Waals surface area contributed by atoms with Crippen molar-refractivity contribution in [1.29, 1.82) is 0 Å². The van der Waals surface area contributed by atoms with Gasteiger partial charge < -0.3 is 52.7 Å². The van der Waals surface area contributed by atoms with Crippen LogP contribution in [0.5, 0.6) is 0 Å². The number of nitrogens with one attached hydrogen (secondary N) is 1. The largest absolute Gasteiger partial charge is 0.463 e. The molecular weight excluding hydrogens is 806 g/mol. The second-order valence-corrected chi connectivity index (χ2v) is 15.3. The van der Waals surface area contributed by atoms with Gasteiger partial charge in [-0.1, -0.05) is 84.0 Å². The number of ether oxygens (including phenoxy) is 10. The van der Waals surface area contributed by atoms with E-state index >= 15 is 0 Å². The van der Waals surface area contributed by atoms with E-state index in [1.54, 1.807) is 0 Å². The van der Waals surface area contributed by atoms with Crippen LogP contribution in [0.25, 0.3) is 0 Å². The summed E-state index contributed by atoms with van der Waals surface area (Å²) in [5, 5.41) is 2.70. The third kappa shape index (κ3) is 20.4. The van der Waals surface area contributed by atoms with Crippen LogP contribution >= 0.6 is 0 Å². The van der Waals surface area contributed by atoms with Crippen molar-refractivity contribution in [2.45, 2.75) is 207 Å². The highest BCUT2D eigenvalue weighted by Gasteiger charge is 2.57. The number of hydrogen-bond acceptors (Lipinski definition) is 18. The molecule has 10 atom stereocenters. The first-order valence-corrected chi connectivity index (χ1v) is 21.3. The van der Waals surface area contributed by atoms with E-state index in [0.717, 1.165) is 74.1 Å². The van der Waals surface area contributed by atoms with E-state index in [9.17, 15) is 38.4 Å². The molecule has 19 nitrogen and oxygen atoms in total. The minimum Gasteiger partial charge on any atom is -0.463 e. The number of amides is 1. The van der Waals surface area contributed by atoms with E-state index in [-0.39, 0.29) is 6.42 Å². The van der Waals surface area contributed by atoms with Crippen LogP contribution in [0.1, 0.15) is 145 Å². The number of unbranched alkanes of at least 4 members (excludes halogenated alkanes) is 12. The average molecular weight is 874 g/mol. The van der Waals surface area contributed by atoms with Crippen LogP contribution in [0.4, 0.5) is 0 Å². The fourth-order valence-corrected chi connectivity index (χ4v) is 7.16. The summed E-state index contributed by atoms with van der Waals surface area (Å²) in [5.74, 6) is -6.38. The topological polar surface area (TPSA) is 241 Å². The molecule has 2 saturated heterocycles. The molecule has 19 heteroatoms. The third-order valence-electron chi connectivity index (χ3n) is 9.74. The maximum atomic E-state index is 13.3. The van der Waals surface area contributed by atoms with E-state index in [1.807, 2.05) is 0 Å². The maximum absolute atomic E-state index is 13.3. The van der Waals surface area contributed by atoms with Crippen molar-refractivity contribution in [2.75, 3.05) is 13.2 Å². The van der Waals surface area contributed by atoms with Crippen molar-refractivity contribution in [3.8, 4) is 0 Å². The molecule has 0 aromatic heterocycles. The lowest BCUT2D eigenvalue weighted by molar-refractivity contribution is -0.345. The first-order valence-electron chi connectivity index (χ1n) is 21.3. The molecule has 348 valence electrons. The van der Waals surface area contributed by atoms with Gasteiger partial charge in [-0.15, -0.1) is 0 Å². The smallest absolute Gasteiger partial charge is 0.303 e. The molecule has 0 radical (unpaired) electrons. The zero-order valence-corrected chi connectivity index (χ0v) is 36.9. The van der Waals surface area contributed by atoms with Crippen molar-refractivity contribution in [3.05, 3.63) is 0 Å². The van der Waals surface area contributed by atoms with Gasteiger partial charge in [0, 0.05) is 54.9 Å². The van der Waals surface area contributed by atoms with Crippen molar-refractivity contribution in [3.63, 3.8) is 0 Å². The van der Waals surface area contributed by atoms with Gasteiger partial charge in [-0.05, 0) is 6.42 Å². The zero-order valence-electron chi connectivity index (χ0n) is 36.9. The Morgan fingerprint density at radius 1 is 0.426 bits per heavy atom. The SMILES string of the molecule is CCCCCCCCCCCCCCCC(=O)N[C@@H]1O[C@H](COC(C)=O)[C@@H](O[C@@H]2O[C@H](COC(C)=O)[C@@H](OC(C)=O)[C@H](OC(C)=O)[C@@H]2OC(C)=O)[C@H](OC(C)=O)[C@@H]1OC(C)=O. The molecule has 0 unspecified atom stereocenters. The summed E-state index contributed by atoms with van der Waals surface area (Å²) in [6, 6.07) is 0. The molecule has 0 bridgehead atoms. The zero-order chi connectivity index (χ0) is 45.5. The van der Waals surface area contributed by atoms with Gasteiger partial charge >= 0.3 is 41.8 Å². The molecule has 2 rings (SSSR count). The fourth-order valence-electron chi connectivity index (χ4n) is 7.16. The first kappa shape index (κ1) is 52.8. The Bertz CT molecular complexity index is 1440. The van der Waals surface area contributed by atoms with Crippen LogP contribution < -0.4 is 5.32 Å². The summed E-state index contributed by atoms with van der Waals surface area (Å²) in [4.78, 5) is 99.6.